The standard InChI is InChI=1S/C21H22N2O4/c1-4-13-14-5-10(2)11(3)6-16(14)22-19-15(13)9-23-17(19)7-12(8-18(23)24)20(25)21(26)27/h5,7-8,11,20,25H,4,6,9H2,1-3H3,(H,26,27). The summed E-state index contributed by atoms with van der Waals surface area (Å²) in [6, 6.07) is 2.78. The van der Waals surface area contributed by atoms with Crippen molar-refractivity contribution in [2.24, 2.45) is 5.92 Å². The summed E-state index contributed by atoms with van der Waals surface area (Å²) in [6.07, 6.45) is 2.17. The third-order valence-electron chi connectivity index (χ3n) is 5.79. The summed E-state index contributed by atoms with van der Waals surface area (Å²) in [7, 11) is 0. The van der Waals surface area contributed by atoms with E-state index < -0.39 is 12.1 Å². The molecule has 27 heavy (non-hydrogen) atoms. The first kappa shape index (κ1) is 17.7. The first-order valence-corrected chi connectivity index (χ1v) is 9.20. The zero-order valence-electron chi connectivity index (χ0n) is 15.6. The van der Waals surface area contributed by atoms with Crippen LogP contribution < -0.4 is 5.56 Å². The van der Waals surface area contributed by atoms with Gasteiger partial charge in [-0.2, -0.15) is 0 Å². The first-order valence-electron chi connectivity index (χ1n) is 9.20. The Bertz CT molecular complexity index is 1060. The van der Waals surface area contributed by atoms with E-state index in [9.17, 15) is 14.7 Å². The van der Waals surface area contributed by atoms with E-state index in [1.54, 1.807) is 10.6 Å². The molecule has 2 aromatic rings. The number of nitrogens with zero attached hydrogens (tertiary/aromatic N) is 2. The van der Waals surface area contributed by atoms with Crippen molar-refractivity contribution in [2.45, 2.75) is 46.3 Å². The molecule has 0 saturated heterocycles. The number of aliphatic hydroxyl groups is 1. The van der Waals surface area contributed by atoms with Crippen LogP contribution in [-0.2, 0) is 24.2 Å². The molecule has 2 unspecified atom stereocenters. The SMILES string of the molecule is CCc1c2c(nc3c1Cn1c-3cc(C(O)C(=O)O)cc1=O)CC(C)C(C)=C2. The molecular formula is C21H22N2O4. The Morgan fingerprint density at radius 2 is 2.15 bits per heavy atom. The number of carbonyl (C=O) groups is 1. The van der Waals surface area contributed by atoms with Crippen molar-refractivity contribution < 1.29 is 15.0 Å². The van der Waals surface area contributed by atoms with Crippen LogP contribution in [0.15, 0.2) is 22.5 Å². The van der Waals surface area contributed by atoms with E-state index in [1.165, 1.54) is 22.8 Å². The second kappa shape index (κ2) is 6.16. The van der Waals surface area contributed by atoms with Crippen molar-refractivity contribution in [2.75, 3.05) is 0 Å². The highest BCUT2D eigenvalue weighted by molar-refractivity contribution is 5.76. The lowest BCUT2D eigenvalue weighted by molar-refractivity contribution is -0.146. The van der Waals surface area contributed by atoms with Gasteiger partial charge in [-0.3, -0.25) is 9.78 Å². The molecule has 0 saturated carbocycles. The van der Waals surface area contributed by atoms with Crippen LogP contribution in [0.4, 0.5) is 0 Å². The number of aliphatic carboxylic acids is 1. The molecule has 2 N–H and O–H groups in total. The molecule has 2 aromatic heterocycles. The number of carboxylic acids is 1. The van der Waals surface area contributed by atoms with E-state index in [-0.39, 0.29) is 11.1 Å². The van der Waals surface area contributed by atoms with Crippen LogP contribution in [0.25, 0.3) is 17.5 Å². The summed E-state index contributed by atoms with van der Waals surface area (Å²) in [5.74, 6) is -0.962. The number of aromatic nitrogens is 2. The molecule has 3 heterocycles. The molecule has 1 aliphatic carbocycles. The van der Waals surface area contributed by atoms with Crippen LogP contribution in [0.1, 0.15) is 54.8 Å². The minimum atomic E-state index is -1.72. The molecule has 2 aliphatic rings. The molecular weight excluding hydrogens is 344 g/mol. The van der Waals surface area contributed by atoms with Gasteiger partial charge >= 0.3 is 5.97 Å². The van der Waals surface area contributed by atoms with E-state index in [2.05, 4.69) is 26.8 Å². The van der Waals surface area contributed by atoms with Crippen molar-refractivity contribution in [3.8, 4) is 11.4 Å². The zero-order chi connectivity index (χ0) is 19.5. The first-order chi connectivity index (χ1) is 12.8. The number of pyridine rings is 2. The van der Waals surface area contributed by atoms with Gasteiger partial charge in [0, 0.05) is 17.3 Å². The Kier molecular flexibility index (Phi) is 4.03. The maximum absolute atomic E-state index is 12.6. The topological polar surface area (TPSA) is 92.4 Å². The molecule has 0 fully saturated rings. The average molecular weight is 366 g/mol. The molecule has 6 nitrogen and oxygen atoms in total. The van der Waals surface area contributed by atoms with Gasteiger partial charge in [-0.1, -0.05) is 25.5 Å². The van der Waals surface area contributed by atoms with Crippen molar-refractivity contribution >= 4 is 12.0 Å². The van der Waals surface area contributed by atoms with E-state index in [0.29, 0.717) is 18.2 Å². The van der Waals surface area contributed by atoms with Gasteiger partial charge in [-0.05, 0) is 48.4 Å². The summed E-state index contributed by atoms with van der Waals surface area (Å²) < 4.78 is 1.61. The number of carboxylic acid groups (broad SMARTS) is 1. The van der Waals surface area contributed by atoms with Gasteiger partial charge in [-0.15, -0.1) is 0 Å². The number of rotatable bonds is 3. The molecule has 0 spiro atoms. The monoisotopic (exact) mass is 366 g/mol. The maximum atomic E-state index is 12.6. The zero-order valence-corrected chi connectivity index (χ0v) is 15.6. The summed E-state index contributed by atoms with van der Waals surface area (Å²) >= 11 is 0. The van der Waals surface area contributed by atoms with Gasteiger partial charge in [0.25, 0.3) is 5.56 Å². The predicted octanol–water partition coefficient (Wildman–Crippen LogP) is 2.55. The molecule has 140 valence electrons. The van der Waals surface area contributed by atoms with Crippen molar-refractivity contribution in [1.82, 2.24) is 9.55 Å². The Labute approximate surface area is 156 Å². The number of hydrogen-bond donors (Lipinski definition) is 2. The smallest absolute Gasteiger partial charge is 0.337 e. The van der Waals surface area contributed by atoms with Crippen molar-refractivity contribution in [3.05, 3.63) is 56.0 Å². The van der Waals surface area contributed by atoms with Crippen LogP contribution in [0.2, 0.25) is 0 Å². The largest absolute Gasteiger partial charge is 0.479 e. The highest BCUT2D eigenvalue weighted by atomic mass is 16.4. The van der Waals surface area contributed by atoms with Crippen LogP contribution in [0.5, 0.6) is 0 Å². The number of aliphatic hydroxyl groups excluding tert-OH is 1. The van der Waals surface area contributed by atoms with Crippen molar-refractivity contribution in [3.63, 3.8) is 0 Å². The average Bonchev–Trinajstić information content (AvgIpc) is 2.99. The quantitative estimate of drug-likeness (QED) is 0.743. The molecule has 6 heteroatoms. The predicted molar refractivity (Wildman–Crippen MR) is 102 cm³/mol. The van der Waals surface area contributed by atoms with Gasteiger partial charge in [0.2, 0.25) is 0 Å². The highest BCUT2D eigenvalue weighted by Crippen LogP contribution is 2.39. The Morgan fingerprint density at radius 1 is 1.41 bits per heavy atom. The van der Waals surface area contributed by atoms with Gasteiger partial charge in [0.1, 0.15) is 0 Å². The van der Waals surface area contributed by atoms with E-state index in [1.807, 2.05) is 0 Å². The third kappa shape index (κ3) is 2.63. The lowest BCUT2D eigenvalue weighted by atomic mass is 9.84. The van der Waals surface area contributed by atoms with Crippen LogP contribution in [0.3, 0.4) is 0 Å². The molecule has 0 aromatic carbocycles. The number of allylic oxidation sites excluding steroid dienone is 1. The fourth-order valence-corrected chi connectivity index (χ4v) is 4.11. The van der Waals surface area contributed by atoms with Gasteiger partial charge in [0.15, 0.2) is 6.10 Å². The minimum absolute atomic E-state index is 0.0910. The lowest BCUT2D eigenvalue weighted by Gasteiger charge is -2.23. The maximum Gasteiger partial charge on any atom is 0.337 e. The van der Waals surface area contributed by atoms with E-state index in [0.717, 1.165) is 29.8 Å². The third-order valence-corrected chi connectivity index (χ3v) is 5.79. The lowest BCUT2D eigenvalue weighted by Crippen LogP contribution is -2.21. The van der Waals surface area contributed by atoms with E-state index >= 15 is 0 Å². The summed E-state index contributed by atoms with van der Waals surface area (Å²) in [5.41, 5.74) is 6.84. The Morgan fingerprint density at radius 3 is 2.81 bits per heavy atom. The molecule has 4 rings (SSSR count). The molecule has 2 atom stereocenters. The van der Waals surface area contributed by atoms with Gasteiger partial charge < -0.3 is 14.8 Å². The summed E-state index contributed by atoms with van der Waals surface area (Å²) in [6.45, 7) is 6.84. The Hall–Kier alpha value is -2.73. The normalized spacial score (nSPS) is 18.4. The Balaban J connectivity index is 1.96. The van der Waals surface area contributed by atoms with Gasteiger partial charge in [0.05, 0.1) is 17.9 Å². The fourth-order valence-electron chi connectivity index (χ4n) is 4.11. The van der Waals surface area contributed by atoms with Gasteiger partial charge in [-0.25, -0.2) is 4.79 Å². The molecule has 0 bridgehead atoms. The van der Waals surface area contributed by atoms with E-state index in [4.69, 9.17) is 10.1 Å². The minimum Gasteiger partial charge on any atom is -0.479 e. The molecule has 1 aliphatic heterocycles. The second-order valence-corrected chi connectivity index (χ2v) is 7.46. The number of fused-ring (bicyclic) bond motifs is 4. The van der Waals surface area contributed by atoms with Crippen LogP contribution >= 0.6 is 0 Å². The van der Waals surface area contributed by atoms with Crippen LogP contribution in [0, 0.1) is 5.92 Å². The second-order valence-electron chi connectivity index (χ2n) is 7.46. The molecule has 0 amide bonds. The number of hydrogen-bond acceptors (Lipinski definition) is 4. The highest BCUT2D eigenvalue weighted by Gasteiger charge is 2.30. The van der Waals surface area contributed by atoms with Crippen molar-refractivity contribution in [1.29, 1.82) is 0 Å². The summed E-state index contributed by atoms with van der Waals surface area (Å²) in [4.78, 5) is 28.6. The fraction of sp³-hybridized carbons (Fsp3) is 0.381. The molecule has 0 radical (unpaired) electrons. The summed E-state index contributed by atoms with van der Waals surface area (Å²) in [5, 5.41) is 19.0. The van der Waals surface area contributed by atoms with Crippen LogP contribution in [-0.4, -0.2) is 25.7 Å².